The van der Waals surface area contributed by atoms with E-state index in [0.717, 1.165) is 44.9 Å². The Hall–Kier alpha value is -1.77. The highest BCUT2D eigenvalue weighted by Gasteiger charge is 2.27. The van der Waals surface area contributed by atoms with Gasteiger partial charge < -0.3 is 18.9 Å². The number of unbranched alkanes of at least 4 members (excludes halogenated alkanes) is 19. The molecular formula is C41H75NO8P+. The summed E-state index contributed by atoms with van der Waals surface area (Å²) in [5, 5.41) is 0. The van der Waals surface area contributed by atoms with Gasteiger partial charge in [-0.2, -0.15) is 0 Å². The second kappa shape index (κ2) is 30.7. The van der Waals surface area contributed by atoms with Gasteiger partial charge >= 0.3 is 19.8 Å². The predicted octanol–water partition coefficient (Wildman–Crippen LogP) is 10.5. The van der Waals surface area contributed by atoms with Crippen LogP contribution in [0.25, 0.3) is 0 Å². The lowest BCUT2D eigenvalue weighted by Crippen LogP contribution is -2.37. The highest BCUT2D eigenvalue weighted by Crippen LogP contribution is 2.43. The quantitative estimate of drug-likeness (QED) is 0.0317. The van der Waals surface area contributed by atoms with E-state index in [0.29, 0.717) is 17.4 Å². The van der Waals surface area contributed by atoms with Crippen molar-refractivity contribution in [2.45, 2.75) is 167 Å². The number of aryl methyl sites for hydroxylation is 1. The monoisotopic (exact) mass is 741 g/mol. The summed E-state index contributed by atoms with van der Waals surface area (Å²) in [6, 6.07) is 10.6. The molecule has 296 valence electrons. The number of hydrogen-bond acceptors (Lipinski definition) is 7. The first-order valence-electron chi connectivity index (χ1n) is 20.3. The molecule has 0 fully saturated rings. The van der Waals surface area contributed by atoms with Crippen LogP contribution in [0.15, 0.2) is 30.3 Å². The number of carbonyl (C=O) groups excluding carboxylic acids is 2. The number of carbonyl (C=O) groups is 2. The lowest BCUT2D eigenvalue weighted by molar-refractivity contribution is -0.870. The summed E-state index contributed by atoms with van der Waals surface area (Å²) in [5.41, 5.74) is 1.40. The Morgan fingerprint density at radius 3 is 1.63 bits per heavy atom. The Balaban J connectivity index is 2.29. The average Bonchev–Trinajstić information content (AvgIpc) is 3.08. The average molecular weight is 741 g/mol. The van der Waals surface area contributed by atoms with Crippen LogP contribution < -0.4 is 0 Å². The molecule has 0 aliphatic rings. The topological polar surface area (TPSA) is 108 Å². The third-order valence-corrected chi connectivity index (χ3v) is 10.1. The zero-order valence-electron chi connectivity index (χ0n) is 33.0. The molecule has 0 heterocycles. The fourth-order valence-electron chi connectivity index (χ4n) is 5.85. The largest absolute Gasteiger partial charge is 0.472 e. The Bertz CT molecular complexity index is 1030. The molecule has 1 rings (SSSR count). The molecule has 0 spiro atoms. The minimum atomic E-state index is -4.37. The van der Waals surface area contributed by atoms with Crippen LogP contribution in [0.3, 0.4) is 0 Å². The summed E-state index contributed by atoms with van der Waals surface area (Å²) in [6.45, 7) is 2.16. The lowest BCUT2D eigenvalue weighted by atomic mass is 10.0. The van der Waals surface area contributed by atoms with Crippen molar-refractivity contribution in [3.05, 3.63) is 35.9 Å². The van der Waals surface area contributed by atoms with Crippen LogP contribution in [0.2, 0.25) is 0 Å². The van der Waals surface area contributed by atoms with Crippen LogP contribution in [-0.2, 0) is 39.1 Å². The molecule has 1 unspecified atom stereocenters. The van der Waals surface area contributed by atoms with Gasteiger partial charge in [0.15, 0.2) is 6.10 Å². The van der Waals surface area contributed by atoms with Gasteiger partial charge in [0.2, 0.25) is 0 Å². The van der Waals surface area contributed by atoms with Crippen molar-refractivity contribution in [1.82, 2.24) is 0 Å². The van der Waals surface area contributed by atoms with E-state index in [9.17, 15) is 19.0 Å². The third-order valence-electron chi connectivity index (χ3n) is 9.09. The van der Waals surface area contributed by atoms with Gasteiger partial charge in [-0.1, -0.05) is 153 Å². The summed E-state index contributed by atoms with van der Waals surface area (Å²) in [6.07, 6.45) is 25.3. The molecular weight excluding hydrogens is 665 g/mol. The van der Waals surface area contributed by atoms with Gasteiger partial charge in [-0.3, -0.25) is 18.6 Å². The highest BCUT2D eigenvalue weighted by molar-refractivity contribution is 7.47. The fraction of sp³-hybridized carbons (Fsp3) is 0.805. The SMILES string of the molecule is CCCCCCCCCCCCCCCC(=O)O[C@H](COC(=O)CCCCCCCCCCc1ccccc1)COP(=O)(O)OCC[N+](C)(C)C. The van der Waals surface area contributed by atoms with Crippen molar-refractivity contribution in [3.8, 4) is 0 Å². The summed E-state index contributed by atoms with van der Waals surface area (Å²) in [5.74, 6) is -0.804. The van der Waals surface area contributed by atoms with E-state index < -0.39 is 26.5 Å². The first-order chi connectivity index (χ1) is 24.5. The van der Waals surface area contributed by atoms with Crippen LogP contribution >= 0.6 is 7.82 Å². The molecule has 0 radical (unpaired) electrons. The Morgan fingerprint density at radius 1 is 0.647 bits per heavy atom. The van der Waals surface area contributed by atoms with Gasteiger partial charge in [0.25, 0.3) is 0 Å². The zero-order chi connectivity index (χ0) is 37.5. The maximum absolute atomic E-state index is 12.6. The summed E-state index contributed by atoms with van der Waals surface area (Å²) >= 11 is 0. The lowest BCUT2D eigenvalue weighted by Gasteiger charge is -2.24. The summed E-state index contributed by atoms with van der Waals surface area (Å²) in [7, 11) is 1.47. The predicted molar refractivity (Wildman–Crippen MR) is 207 cm³/mol. The Kier molecular flexibility index (Phi) is 28.4. The van der Waals surface area contributed by atoms with E-state index in [1.54, 1.807) is 0 Å². The van der Waals surface area contributed by atoms with E-state index in [1.165, 1.54) is 95.5 Å². The third kappa shape index (κ3) is 31.5. The van der Waals surface area contributed by atoms with Crippen LogP contribution in [0, 0.1) is 0 Å². The molecule has 0 saturated carbocycles. The molecule has 0 bridgehead atoms. The molecule has 0 aliphatic heterocycles. The highest BCUT2D eigenvalue weighted by atomic mass is 31.2. The van der Waals surface area contributed by atoms with Crippen molar-refractivity contribution >= 4 is 19.8 Å². The standard InChI is InChI=1S/C41H74NO8P/c1-5-6-7-8-9-10-11-12-13-14-19-22-28-33-41(44)50-39(37-49-51(45,46)48-35-34-42(2,3)4)36-47-40(43)32-27-21-18-16-15-17-20-24-29-38-30-25-23-26-31-38/h23,25-26,30-31,39H,5-22,24,27-29,32-37H2,1-4H3/p+1/t39-/m1/s1. The van der Waals surface area contributed by atoms with Gasteiger partial charge in [0.05, 0.1) is 27.7 Å². The van der Waals surface area contributed by atoms with E-state index in [-0.39, 0.29) is 32.0 Å². The molecule has 9 nitrogen and oxygen atoms in total. The van der Waals surface area contributed by atoms with Crippen molar-refractivity contribution in [3.63, 3.8) is 0 Å². The number of likely N-dealkylation sites (N-methyl/N-ethyl adjacent to an activating group) is 1. The molecule has 51 heavy (non-hydrogen) atoms. The molecule has 1 N–H and O–H groups in total. The number of phosphoric acid groups is 1. The first kappa shape index (κ1) is 47.3. The maximum atomic E-state index is 12.6. The molecule has 1 aromatic carbocycles. The van der Waals surface area contributed by atoms with Crippen LogP contribution in [-0.4, -0.2) is 74.9 Å². The zero-order valence-corrected chi connectivity index (χ0v) is 33.9. The van der Waals surface area contributed by atoms with Crippen LogP contribution in [0.4, 0.5) is 0 Å². The summed E-state index contributed by atoms with van der Waals surface area (Å²) < 4.78 is 34.2. The molecule has 10 heteroatoms. The van der Waals surface area contributed by atoms with E-state index in [4.69, 9.17) is 18.5 Å². The van der Waals surface area contributed by atoms with Gasteiger partial charge in [0.1, 0.15) is 19.8 Å². The molecule has 0 aromatic heterocycles. The minimum absolute atomic E-state index is 0.0318. The van der Waals surface area contributed by atoms with E-state index in [1.807, 2.05) is 21.1 Å². The van der Waals surface area contributed by atoms with Gasteiger partial charge in [0, 0.05) is 12.8 Å². The number of ether oxygens (including phenoxy) is 2. The van der Waals surface area contributed by atoms with E-state index >= 15 is 0 Å². The second-order valence-corrected chi connectivity index (χ2v) is 16.7. The summed E-state index contributed by atoms with van der Waals surface area (Å²) in [4.78, 5) is 35.3. The smallest absolute Gasteiger partial charge is 0.462 e. The van der Waals surface area contributed by atoms with Crippen LogP contribution in [0.5, 0.6) is 0 Å². The van der Waals surface area contributed by atoms with Crippen molar-refractivity contribution in [1.29, 1.82) is 0 Å². The molecule has 2 atom stereocenters. The number of rotatable bonds is 35. The van der Waals surface area contributed by atoms with Crippen molar-refractivity contribution in [2.75, 3.05) is 47.5 Å². The normalized spacial score (nSPS) is 13.5. The molecule has 0 saturated heterocycles. The van der Waals surface area contributed by atoms with E-state index in [2.05, 4.69) is 37.3 Å². The molecule has 0 aliphatic carbocycles. The first-order valence-corrected chi connectivity index (χ1v) is 21.8. The number of esters is 2. The second-order valence-electron chi connectivity index (χ2n) is 15.2. The number of phosphoric ester groups is 1. The molecule has 1 aromatic rings. The number of hydrogen-bond donors (Lipinski definition) is 1. The number of nitrogens with zero attached hydrogens (tertiary/aromatic N) is 1. The number of quaternary nitrogens is 1. The van der Waals surface area contributed by atoms with Crippen molar-refractivity contribution in [2.24, 2.45) is 0 Å². The van der Waals surface area contributed by atoms with Gasteiger partial charge in [-0.15, -0.1) is 0 Å². The Labute approximate surface area is 311 Å². The molecule has 0 amide bonds. The minimum Gasteiger partial charge on any atom is -0.462 e. The van der Waals surface area contributed by atoms with Crippen molar-refractivity contribution < 1.29 is 42.1 Å². The number of benzene rings is 1. The van der Waals surface area contributed by atoms with Gasteiger partial charge in [-0.05, 0) is 31.2 Å². The van der Waals surface area contributed by atoms with Gasteiger partial charge in [-0.25, -0.2) is 4.57 Å². The fourth-order valence-corrected chi connectivity index (χ4v) is 6.60. The Morgan fingerprint density at radius 2 is 1.12 bits per heavy atom. The van der Waals surface area contributed by atoms with Crippen LogP contribution in [0.1, 0.15) is 160 Å². The maximum Gasteiger partial charge on any atom is 0.472 e.